The Hall–Kier alpha value is -2.57. The number of nitrogens with zero attached hydrogens (tertiary/aromatic N) is 5. The molecule has 2 aliphatic rings. The van der Waals surface area contributed by atoms with Crippen molar-refractivity contribution < 1.29 is 13.2 Å². The topological polar surface area (TPSA) is 94.7 Å². The lowest BCUT2D eigenvalue weighted by Crippen LogP contribution is -2.40. The van der Waals surface area contributed by atoms with Gasteiger partial charge in [0.2, 0.25) is 10.0 Å². The van der Waals surface area contributed by atoms with Crippen LogP contribution in [-0.2, 0) is 21.3 Å². The number of fused-ring (bicyclic) bond motifs is 2. The maximum Gasteiger partial charge on any atom is 0.211 e. The van der Waals surface area contributed by atoms with Crippen LogP contribution in [0.15, 0.2) is 36.5 Å². The van der Waals surface area contributed by atoms with Gasteiger partial charge >= 0.3 is 0 Å². The van der Waals surface area contributed by atoms with Gasteiger partial charge in [0, 0.05) is 66.8 Å². The van der Waals surface area contributed by atoms with Gasteiger partial charge in [-0.1, -0.05) is 12.1 Å². The number of nitrogens with one attached hydrogen (secondary N) is 1. The number of hydrogen-bond acceptors (Lipinski definition) is 8. The fourth-order valence-corrected chi connectivity index (χ4v) is 6.96. The molecule has 2 saturated heterocycles. The van der Waals surface area contributed by atoms with Crippen molar-refractivity contribution in [3.05, 3.63) is 41.4 Å². The van der Waals surface area contributed by atoms with E-state index in [0.29, 0.717) is 19.8 Å². The number of H-pyrrole nitrogens is 1. The lowest BCUT2D eigenvalue weighted by Gasteiger charge is -2.28. The SMILES string of the molecule is CN(CC1CCCN1Cc1cc2nc(-c3cccc4[nH]ccc34)nc(N3CCOCC3)c2s1)S(C)(=O)=O. The number of aromatic amines is 1. The molecular formula is C26H32N6O3S2. The molecule has 0 spiro atoms. The number of ether oxygens (including phenoxy) is 1. The average molecular weight is 541 g/mol. The van der Waals surface area contributed by atoms with Crippen molar-refractivity contribution in [3.63, 3.8) is 0 Å². The van der Waals surface area contributed by atoms with E-state index >= 15 is 0 Å². The zero-order chi connectivity index (χ0) is 25.6. The highest BCUT2D eigenvalue weighted by Gasteiger charge is 2.29. The summed E-state index contributed by atoms with van der Waals surface area (Å²) < 4.78 is 32.2. The zero-order valence-electron chi connectivity index (χ0n) is 21.2. The number of sulfonamides is 1. The number of hydrogen-bond donors (Lipinski definition) is 1. The minimum atomic E-state index is -3.19. The number of thiophene rings is 1. The van der Waals surface area contributed by atoms with Crippen LogP contribution in [0.4, 0.5) is 5.82 Å². The van der Waals surface area contributed by atoms with Crippen LogP contribution in [0.3, 0.4) is 0 Å². The van der Waals surface area contributed by atoms with Crippen molar-refractivity contribution in [3.8, 4) is 11.4 Å². The predicted molar refractivity (Wildman–Crippen MR) is 149 cm³/mol. The molecule has 0 aliphatic carbocycles. The molecule has 9 nitrogen and oxygen atoms in total. The maximum absolute atomic E-state index is 12.0. The van der Waals surface area contributed by atoms with Crippen molar-refractivity contribution in [1.29, 1.82) is 0 Å². The van der Waals surface area contributed by atoms with E-state index in [4.69, 9.17) is 14.7 Å². The Kier molecular flexibility index (Phi) is 6.66. The van der Waals surface area contributed by atoms with Crippen molar-refractivity contribution in [2.24, 2.45) is 0 Å². The third-order valence-corrected chi connectivity index (χ3v) is 9.83. The van der Waals surface area contributed by atoms with Gasteiger partial charge in [0.05, 0.1) is 29.7 Å². The molecule has 11 heteroatoms. The van der Waals surface area contributed by atoms with Crippen LogP contribution in [0.2, 0.25) is 0 Å². The zero-order valence-corrected chi connectivity index (χ0v) is 22.8. The Bertz CT molecular complexity index is 1530. The van der Waals surface area contributed by atoms with Crippen LogP contribution in [0.5, 0.6) is 0 Å². The van der Waals surface area contributed by atoms with Gasteiger partial charge in [-0.2, -0.15) is 0 Å². The maximum atomic E-state index is 12.0. The number of anilines is 1. The first kappa shape index (κ1) is 24.7. The Balaban J connectivity index is 1.36. The summed E-state index contributed by atoms with van der Waals surface area (Å²) in [7, 11) is -1.53. The number of likely N-dealkylation sites (tertiary alicyclic amines) is 1. The minimum Gasteiger partial charge on any atom is -0.378 e. The molecule has 1 aromatic carbocycles. The van der Waals surface area contributed by atoms with Gasteiger partial charge in [-0.15, -0.1) is 11.3 Å². The number of likely N-dealkylation sites (N-methyl/N-ethyl adjacent to an activating group) is 1. The lowest BCUT2D eigenvalue weighted by molar-refractivity contribution is 0.122. The summed E-state index contributed by atoms with van der Waals surface area (Å²) >= 11 is 1.75. The molecule has 6 rings (SSSR count). The molecule has 0 saturated carbocycles. The van der Waals surface area contributed by atoms with E-state index in [0.717, 1.165) is 77.3 Å². The van der Waals surface area contributed by atoms with Crippen molar-refractivity contribution in [2.75, 3.05) is 57.6 Å². The summed E-state index contributed by atoms with van der Waals surface area (Å²) in [6.45, 7) is 5.27. The quantitative estimate of drug-likeness (QED) is 0.383. The highest BCUT2D eigenvalue weighted by Crippen LogP contribution is 2.37. The van der Waals surface area contributed by atoms with E-state index in [1.807, 2.05) is 12.3 Å². The van der Waals surface area contributed by atoms with Crippen molar-refractivity contribution >= 4 is 48.3 Å². The molecule has 1 atom stereocenters. The second-order valence-corrected chi connectivity index (χ2v) is 13.2. The molecular weight excluding hydrogens is 508 g/mol. The normalized spacial score (nSPS) is 19.5. The summed E-state index contributed by atoms with van der Waals surface area (Å²) in [6.07, 6.45) is 5.31. The molecule has 1 N–H and O–H groups in total. The van der Waals surface area contributed by atoms with Crippen LogP contribution < -0.4 is 4.90 Å². The van der Waals surface area contributed by atoms with E-state index in [-0.39, 0.29) is 6.04 Å². The number of morpholine rings is 1. The molecule has 5 heterocycles. The Labute approximate surface area is 221 Å². The van der Waals surface area contributed by atoms with Crippen molar-refractivity contribution in [1.82, 2.24) is 24.2 Å². The van der Waals surface area contributed by atoms with Crippen LogP contribution in [-0.4, -0.2) is 91.3 Å². The molecule has 1 unspecified atom stereocenters. The highest BCUT2D eigenvalue weighted by atomic mass is 32.2. The third kappa shape index (κ3) is 4.98. The summed E-state index contributed by atoms with van der Waals surface area (Å²) in [4.78, 5) is 19.4. The Morgan fingerprint density at radius 3 is 2.84 bits per heavy atom. The predicted octanol–water partition coefficient (Wildman–Crippen LogP) is 3.53. The van der Waals surface area contributed by atoms with Crippen LogP contribution in [0.25, 0.3) is 32.5 Å². The molecule has 37 heavy (non-hydrogen) atoms. The number of benzene rings is 1. The molecule has 0 amide bonds. The van der Waals surface area contributed by atoms with E-state index in [1.165, 1.54) is 15.4 Å². The first-order valence-corrected chi connectivity index (χ1v) is 15.4. The van der Waals surface area contributed by atoms with Crippen LogP contribution in [0, 0.1) is 0 Å². The second-order valence-electron chi connectivity index (χ2n) is 9.95. The van der Waals surface area contributed by atoms with Gasteiger partial charge < -0.3 is 14.6 Å². The largest absolute Gasteiger partial charge is 0.378 e. The smallest absolute Gasteiger partial charge is 0.211 e. The number of rotatable bonds is 7. The standard InChI is InChI=1S/C26H32N6O3S2/c1-30(37(2,33)34)16-18-5-4-10-32(18)17-19-15-23-24(36-19)26(31-11-13-35-14-12-31)29-25(28-23)21-6-3-7-22-20(21)8-9-27-22/h3,6-9,15,18,27H,4-5,10-14,16-17H2,1-2H3. The van der Waals surface area contributed by atoms with Gasteiger partial charge in [-0.25, -0.2) is 22.7 Å². The molecule has 3 aromatic heterocycles. The molecule has 0 radical (unpaired) electrons. The van der Waals surface area contributed by atoms with E-state index in [1.54, 1.807) is 18.4 Å². The van der Waals surface area contributed by atoms with Gasteiger partial charge in [-0.05, 0) is 37.6 Å². The summed E-state index contributed by atoms with van der Waals surface area (Å²) in [6, 6.07) is 10.7. The first-order valence-electron chi connectivity index (χ1n) is 12.7. The summed E-state index contributed by atoms with van der Waals surface area (Å²) in [5, 5.41) is 1.11. The van der Waals surface area contributed by atoms with E-state index in [9.17, 15) is 8.42 Å². The number of aromatic nitrogens is 3. The fourth-order valence-electron chi connectivity index (χ4n) is 5.37. The van der Waals surface area contributed by atoms with Gasteiger partial charge in [0.15, 0.2) is 11.6 Å². The second kappa shape index (κ2) is 9.95. The van der Waals surface area contributed by atoms with E-state index < -0.39 is 10.0 Å². The molecule has 196 valence electrons. The Morgan fingerprint density at radius 2 is 2.03 bits per heavy atom. The average Bonchev–Trinajstić information content (AvgIpc) is 3.63. The molecule has 2 aliphatic heterocycles. The monoisotopic (exact) mass is 540 g/mol. The summed E-state index contributed by atoms with van der Waals surface area (Å²) in [5.41, 5.74) is 3.05. The summed E-state index contributed by atoms with van der Waals surface area (Å²) in [5.74, 6) is 1.71. The Morgan fingerprint density at radius 1 is 1.19 bits per heavy atom. The molecule has 4 aromatic rings. The first-order chi connectivity index (χ1) is 17.9. The highest BCUT2D eigenvalue weighted by molar-refractivity contribution is 7.88. The van der Waals surface area contributed by atoms with Crippen LogP contribution >= 0.6 is 11.3 Å². The van der Waals surface area contributed by atoms with E-state index in [2.05, 4.69) is 39.0 Å². The lowest BCUT2D eigenvalue weighted by atomic mass is 10.1. The fraction of sp³-hybridized carbons (Fsp3) is 0.462. The minimum absolute atomic E-state index is 0.219. The third-order valence-electron chi connectivity index (χ3n) is 7.44. The van der Waals surface area contributed by atoms with Crippen molar-refractivity contribution in [2.45, 2.75) is 25.4 Å². The van der Waals surface area contributed by atoms with Crippen LogP contribution in [0.1, 0.15) is 17.7 Å². The van der Waals surface area contributed by atoms with Gasteiger partial charge in [0.25, 0.3) is 0 Å². The van der Waals surface area contributed by atoms with Gasteiger partial charge in [-0.3, -0.25) is 4.90 Å². The van der Waals surface area contributed by atoms with Gasteiger partial charge in [0.1, 0.15) is 0 Å². The molecule has 0 bridgehead atoms. The molecule has 2 fully saturated rings.